The Balaban J connectivity index is 2.37. The van der Waals surface area contributed by atoms with E-state index in [1.54, 1.807) is 17.8 Å². The Kier molecular flexibility index (Phi) is 3.51. The van der Waals surface area contributed by atoms with Gasteiger partial charge in [0, 0.05) is 11.1 Å². The highest BCUT2D eigenvalue weighted by Gasteiger charge is 2.14. The van der Waals surface area contributed by atoms with Crippen LogP contribution in [0.1, 0.15) is 11.8 Å². The van der Waals surface area contributed by atoms with Crippen molar-refractivity contribution in [2.24, 2.45) is 0 Å². The van der Waals surface area contributed by atoms with Crippen LogP contribution in [0.5, 0.6) is 0 Å². The average molecular weight is 239 g/mol. The standard InChI is InChI=1S/C12H14FNOS/c1-14-10(7-16-2)12-6-8-5-9(13)3-4-11(8)15-12/h3-6,10,14H,7H2,1-2H3. The summed E-state index contributed by atoms with van der Waals surface area (Å²) < 4.78 is 18.7. The largest absolute Gasteiger partial charge is 0.459 e. The zero-order valence-corrected chi connectivity index (χ0v) is 10.1. The van der Waals surface area contributed by atoms with Gasteiger partial charge in [0.25, 0.3) is 0 Å². The Morgan fingerprint density at radius 2 is 2.25 bits per heavy atom. The van der Waals surface area contributed by atoms with Crippen LogP contribution in [0.2, 0.25) is 0 Å². The molecule has 1 aromatic heterocycles. The summed E-state index contributed by atoms with van der Waals surface area (Å²) in [5, 5.41) is 4.00. The fourth-order valence-corrected chi connectivity index (χ4v) is 2.35. The van der Waals surface area contributed by atoms with E-state index < -0.39 is 0 Å². The summed E-state index contributed by atoms with van der Waals surface area (Å²) in [6, 6.07) is 6.65. The average Bonchev–Trinajstić information content (AvgIpc) is 2.68. The van der Waals surface area contributed by atoms with Gasteiger partial charge < -0.3 is 9.73 Å². The van der Waals surface area contributed by atoms with Crippen molar-refractivity contribution >= 4 is 22.7 Å². The van der Waals surface area contributed by atoms with Crippen molar-refractivity contribution in [1.29, 1.82) is 0 Å². The zero-order chi connectivity index (χ0) is 11.5. The van der Waals surface area contributed by atoms with E-state index in [0.29, 0.717) is 0 Å². The van der Waals surface area contributed by atoms with E-state index in [1.807, 2.05) is 19.4 Å². The van der Waals surface area contributed by atoms with Crippen molar-refractivity contribution in [2.75, 3.05) is 19.1 Å². The van der Waals surface area contributed by atoms with E-state index in [0.717, 1.165) is 22.5 Å². The number of nitrogens with one attached hydrogen (secondary N) is 1. The van der Waals surface area contributed by atoms with Gasteiger partial charge in [-0.3, -0.25) is 0 Å². The molecule has 0 aliphatic heterocycles. The number of benzene rings is 1. The molecule has 1 unspecified atom stereocenters. The molecule has 0 spiro atoms. The van der Waals surface area contributed by atoms with E-state index in [2.05, 4.69) is 5.32 Å². The molecule has 1 atom stereocenters. The minimum Gasteiger partial charge on any atom is -0.459 e. The van der Waals surface area contributed by atoms with Crippen LogP contribution in [0.3, 0.4) is 0 Å². The molecule has 86 valence electrons. The van der Waals surface area contributed by atoms with Crippen molar-refractivity contribution in [3.8, 4) is 0 Å². The number of fused-ring (bicyclic) bond motifs is 1. The van der Waals surface area contributed by atoms with Crippen LogP contribution in [0.4, 0.5) is 4.39 Å². The van der Waals surface area contributed by atoms with E-state index >= 15 is 0 Å². The van der Waals surface area contributed by atoms with Gasteiger partial charge in [0.2, 0.25) is 0 Å². The Morgan fingerprint density at radius 3 is 2.94 bits per heavy atom. The molecule has 0 fully saturated rings. The van der Waals surface area contributed by atoms with Crippen molar-refractivity contribution < 1.29 is 8.81 Å². The fraction of sp³-hybridized carbons (Fsp3) is 0.333. The zero-order valence-electron chi connectivity index (χ0n) is 9.29. The van der Waals surface area contributed by atoms with Gasteiger partial charge in [-0.15, -0.1) is 0 Å². The minimum absolute atomic E-state index is 0.172. The van der Waals surface area contributed by atoms with Crippen molar-refractivity contribution in [3.63, 3.8) is 0 Å². The van der Waals surface area contributed by atoms with Crippen LogP contribution >= 0.6 is 11.8 Å². The topological polar surface area (TPSA) is 25.2 Å². The van der Waals surface area contributed by atoms with E-state index in [1.165, 1.54) is 12.1 Å². The Morgan fingerprint density at radius 1 is 1.44 bits per heavy atom. The highest BCUT2D eigenvalue weighted by molar-refractivity contribution is 7.98. The first kappa shape index (κ1) is 11.5. The number of hydrogen-bond acceptors (Lipinski definition) is 3. The van der Waals surface area contributed by atoms with E-state index in [9.17, 15) is 4.39 Å². The van der Waals surface area contributed by atoms with Gasteiger partial charge in [0.05, 0.1) is 6.04 Å². The van der Waals surface area contributed by atoms with Crippen LogP contribution in [-0.4, -0.2) is 19.1 Å². The summed E-state index contributed by atoms with van der Waals surface area (Å²) in [6.45, 7) is 0. The maximum Gasteiger partial charge on any atom is 0.134 e. The third-order valence-electron chi connectivity index (χ3n) is 2.52. The second-order valence-corrected chi connectivity index (χ2v) is 4.54. The SMILES string of the molecule is CNC(CSC)c1cc2cc(F)ccc2o1. The van der Waals surface area contributed by atoms with Gasteiger partial charge >= 0.3 is 0 Å². The van der Waals surface area contributed by atoms with Gasteiger partial charge in [-0.05, 0) is 37.6 Å². The first-order chi connectivity index (χ1) is 7.74. The molecule has 2 nitrogen and oxygen atoms in total. The van der Waals surface area contributed by atoms with E-state index in [4.69, 9.17) is 4.42 Å². The molecule has 2 rings (SSSR count). The van der Waals surface area contributed by atoms with Crippen molar-refractivity contribution in [3.05, 3.63) is 35.8 Å². The van der Waals surface area contributed by atoms with Crippen LogP contribution in [0.25, 0.3) is 11.0 Å². The molecule has 1 heterocycles. The third-order valence-corrected chi connectivity index (χ3v) is 3.19. The monoisotopic (exact) mass is 239 g/mol. The maximum absolute atomic E-state index is 13.0. The molecule has 0 amide bonds. The number of hydrogen-bond donors (Lipinski definition) is 1. The molecule has 0 radical (unpaired) electrons. The van der Waals surface area contributed by atoms with Gasteiger partial charge in [-0.25, -0.2) is 4.39 Å². The molecule has 0 aliphatic carbocycles. The van der Waals surface area contributed by atoms with Gasteiger partial charge in [-0.2, -0.15) is 11.8 Å². The highest BCUT2D eigenvalue weighted by atomic mass is 32.2. The molecule has 2 aromatic rings. The quantitative estimate of drug-likeness (QED) is 0.887. The summed E-state index contributed by atoms with van der Waals surface area (Å²) in [4.78, 5) is 0. The second kappa shape index (κ2) is 4.89. The lowest BCUT2D eigenvalue weighted by Crippen LogP contribution is -2.17. The molecule has 0 bridgehead atoms. The number of rotatable bonds is 4. The summed E-state index contributed by atoms with van der Waals surface area (Å²) in [5.41, 5.74) is 0.734. The lowest BCUT2D eigenvalue weighted by atomic mass is 10.2. The molecule has 1 N–H and O–H groups in total. The summed E-state index contributed by atoms with van der Waals surface area (Å²) in [6.07, 6.45) is 2.05. The van der Waals surface area contributed by atoms with Crippen molar-refractivity contribution in [2.45, 2.75) is 6.04 Å². The first-order valence-corrected chi connectivity index (χ1v) is 6.49. The smallest absolute Gasteiger partial charge is 0.134 e. The molecule has 0 saturated carbocycles. The Labute approximate surface area is 98.2 Å². The van der Waals surface area contributed by atoms with Crippen LogP contribution in [0, 0.1) is 5.82 Å². The van der Waals surface area contributed by atoms with Crippen LogP contribution in [0.15, 0.2) is 28.7 Å². The van der Waals surface area contributed by atoms with Crippen molar-refractivity contribution in [1.82, 2.24) is 5.32 Å². The number of halogens is 1. The van der Waals surface area contributed by atoms with E-state index in [-0.39, 0.29) is 11.9 Å². The van der Waals surface area contributed by atoms with Gasteiger partial charge in [-0.1, -0.05) is 0 Å². The lowest BCUT2D eigenvalue weighted by molar-refractivity contribution is 0.479. The fourth-order valence-electron chi connectivity index (χ4n) is 1.68. The third kappa shape index (κ3) is 2.23. The molecule has 16 heavy (non-hydrogen) atoms. The molecule has 4 heteroatoms. The van der Waals surface area contributed by atoms with Crippen LogP contribution in [-0.2, 0) is 0 Å². The highest BCUT2D eigenvalue weighted by Crippen LogP contribution is 2.25. The minimum atomic E-state index is -0.231. The predicted molar refractivity (Wildman–Crippen MR) is 66.4 cm³/mol. The first-order valence-electron chi connectivity index (χ1n) is 5.10. The Hall–Kier alpha value is -1.00. The summed E-state index contributed by atoms with van der Waals surface area (Å²) >= 11 is 1.75. The number of furan rings is 1. The molecular formula is C12H14FNOS. The Bertz CT molecular complexity index is 483. The lowest BCUT2D eigenvalue weighted by Gasteiger charge is -2.10. The molecule has 1 aromatic carbocycles. The summed E-state index contributed by atoms with van der Waals surface area (Å²) in [5.74, 6) is 1.56. The number of thioether (sulfide) groups is 1. The predicted octanol–water partition coefficient (Wildman–Crippen LogP) is 3.20. The van der Waals surface area contributed by atoms with Gasteiger partial charge in [0.15, 0.2) is 0 Å². The van der Waals surface area contributed by atoms with Gasteiger partial charge in [0.1, 0.15) is 17.2 Å². The normalized spacial score (nSPS) is 13.2. The second-order valence-electron chi connectivity index (χ2n) is 3.63. The summed E-state index contributed by atoms with van der Waals surface area (Å²) in [7, 11) is 1.90. The molecule has 0 aliphatic rings. The molecular weight excluding hydrogens is 225 g/mol. The molecule has 0 saturated heterocycles. The van der Waals surface area contributed by atoms with Crippen LogP contribution < -0.4 is 5.32 Å². The maximum atomic E-state index is 13.0.